The molecule has 0 aromatic rings. The molecule has 5 heteroatoms. The van der Waals surface area contributed by atoms with Gasteiger partial charge < -0.3 is 10.1 Å². The van der Waals surface area contributed by atoms with Crippen LogP contribution in [0, 0.1) is 0 Å². The van der Waals surface area contributed by atoms with E-state index in [2.05, 4.69) is 17.6 Å². The molecule has 1 saturated heterocycles. The third kappa shape index (κ3) is 8.05. The third-order valence-electron chi connectivity index (χ3n) is 3.89. The van der Waals surface area contributed by atoms with E-state index in [4.69, 9.17) is 4.74 Å². The lowest BCUT2D eigenvalue weighted by Gasteiger charge is -2.20. The monoisotopic (exact) mass is 298 g/mol. The van der Waals surface area contributed by atoms with Crippen molar-refractivity contribution in [2.45, 2.75) is 83.8 Å². The number of esters is 1. The van der Waals surface area contributed by atoms with Gasteiger partial charge in [-0.2, -0.15) is 0 Å². The summed E-state index contributed by atoms with van der Waals surface area (Å²) in [5.41, 5.74) is 0. The van der Waals surface area contributed by atoms with Crippen LogP contribution in [0.3, 0.4) is 0 Å². The minimum Gasteiger partial charge on any atom is -0.461 e. The first-order valence-electron chi connectivity index (χ1n) is 8.34. The number of hydrogen-bond donors (Lipinski definition) is 2. The first-order chi connectivity index (χ1) is 10.1. The predicted molar refractivity (Wildman–Crippen MR) is 82.7 cm³/mol. The highest BCUT2D eigenvalue weighted by Crippen LogP contribution is 2.16. The van der Waals surface area contributed by atoms with Gasteiger partial charge in [-0.15, -0.1) is 0 Å². The summed E-state index contributed by atoms with van der Waals surface area (Å²) in [5.74, 6) is -0.174. The molecule has 0 aromatic heterocycles. The molecular formula is C16H30N2O3. The van der Waals surface area contributed by atoms with Crippen LogP contribution in [0.15, 0.2) is 0 Å². The van der Waals surface area contributed by atoms with E-state index in [1.54, 1.807) is 6.92 Å². The highest BCUT2D eigenvalue weighted by molar-refractivity contribution is 5.76. The highest BCUT2D eigenvalue weighted by Gasteiger charge is 2.20. The second-order valence-electron chi connectivity index (χ2n) is 5.86. The number of carbonyl (C=O) groups is 2. The largest absolute Gasteiger partial charge is 0.461 e. The fraction of sp³-hybridized carbons (Fsp3) is 0.875. The van der Waals surface area contributed by atoms with Crippen LogP contribution >= 0.6 is 0 Å². The number of rotatable bonds is 4. The molecule has 1 rings (SSSR count). The van der Waals surface area contributed by atoms with E-state index < -0.39 is 0 Å². The average molecular weight is 298 g/mol. The lowest BCUT2D eigenvalue weighted by Crippen LogP contribution is -2.43. The van der Waals surface area contributed by atoms with Gasteiger partial charge in [-0.3, -0.25) is 14.9 Å². The fourth-order valence-electron chi connectivity index (χ4n) is 2.46. The quantitative estimate of drug-likeness (QED) is 0.618. The van der Waals surface area contributed by atoms with Crippen LogP contribution in [0.4, 0.5) is 0 Å². The van der Waals surface area contributed by atoms with Crippen molar-refractivity contribution in [3.8, 4) is 0 Å². The summed E-state index contributed by atoms with van der Waals surface area (Å²) in [7, 11) is 0. The van der Waals surface area contributed by atoms with Crippen molar-refractivity contribution >= 4 is 11.9 Å². The number of ether oxygens (including phenoxy) is 1. The van der Waals surface area contributed by atoms with Crippen LogP contribution in [-0.4, -0.2) is 30.7 Å². The summed E-state index contributed by atoms with van der Waals surface area (Å²) in [6, 6.07) is -0.389. The zero-order chi connectivity index (χ0) is 15.5. The van der Waals surface area contributed by atoms with Crippen molar-refractivity contribution in [3.63, 3.8) is 0 Å². The second kappa shape index (κ2) is 10.6. The first kappa shape index (κ1) is 18.0. The molecule has 0 aromatic carbocycles. The van der Waals surface area contributed by atoms with Crippen molar-refractivity contribution in [1.82, 2.24) is 10.6 Å². The molecule has 2 atom stereocenters. The molecule has 0 aliphatic carbocycles. The van der Waals surface area contributed by atoms with E-state index in [0.29, 0.717) is 13.1 Å². The van der Waals surface area contributed by atoms with Crippen LogP contribution in [0.5, 0.6) is 0 Å². The number of nitrogens with one attached hydrogen (secondary N) is 2. The van der Waals surface area contributed by atoms with E-state index in [1.807, 2.05) is 0 Å². The maximum absolute atomic E-state index is 12.0. The summed E-state index contributed by atoms with van der Waals surface area (Å²) in [6.07, 6.45) is 8.83. The number of unbranched alkanes of at least 4 members (excludes halogenated alkanes) is 2. The van der Waals surface area contributed by atoms with Crippen LogP contribution in [0.25, 0.3) is 0 Å². The summed E-state index contributed by atoms with van der Waals surface area (Å²) in [4.78, 5) is 23.6. The predicted octanol–water partition coefficient (Wildman–Crippen LogP) is 2.49. The third-order valence-corrected chi connectivity index (χ3v) is 3.89. The van der Waals surface area contributed by atoms with Crippen molar-refractivity contribution in [2.75, 3.05) is 6.67 Å². The highest BCUT2D eigenvalue weighted by atomic mass is 16.5. The van der Waals surface area contributed by atoms with Gasteiger partial charge in [0, 0.05) is 6.42 Å². The molecule has 1 amide bonds. The van der Waals surface area contributed by atoms with E-state index in [0.717, 1.165) is 38.5 Å². The lowest BCUT2D eigenvalue weighted by atomic mass is 10.0. The molecule has 5 nitrogen and oxygen atoms in total. The standard InChI is InChI=1S/C16H30N2O3/c1-3-4-6-9-14-10-7-5-8-11-15(19)18-12-17-13(2)16(20)21-14/h13-14,17H,3-12H2,1-2H3,(H,18,19). The molecule has 0 radical (unpaired) electrons. The Balaban J connectivity index is 2.51. The van der Waals surface area contributed by atoms with Crippen molar-refractivity contribution in [3.05, 3.63) is 0 Å². The number of cyclic esters (lactones) is 1. The molecule has 21 heavy (non-hydrogen) atoms. The van der Waals surface area contributed by atoms with Gasteiger partial charge in [0.05, 0.1) is 6.67 Å². The van der Waals surface area contributed by atoms with E-state index >= 15 is 0 Å². The Hall–Kier alpha value is -1.10. The Morgan fingerprint density at radius 1 is 1.19 bits per heavy atom. The number of amides is 1. The minimum atomic E-state index is -0.389. The van der Waals surface area contributed by atoms with Crippen molar-refractivity contribution < 1.29 is 14.3 Å². The Kier molecular flexibility index (Phi) is 9.06. The first-order valence-corrected chi connectivity index (χ1v) is 8.34. The maximum Gasteiger partial charge on any atom is 0.323 e. The van der Waals surface area contributed by atoms with Gasteiger partial charge in [-0.05, 0) is 39.0 Å². The summed E-state index contributed by atoms with van der Waals surface area (Å²) in [6.45, 7) is 4.26. The van der Waals surface area contributed by atoms with Crippen LogP contribution in [0.1, 0.15) is 71.6 Å². The average Bonchev–Trinajstić information content (AvgIpc) is 2.46. The summed E-state index contributed by atoms with van der Waals surface area (Å²) >= 11 is 0. The summed E-state index contributed by atoms with van der Waals surface area (Å²) in [5, 5.41) is 5.75. The van der Waals surface area contributed by atoms with Gasteiger partial charge in [0.2, 0.25) is 5.91 Å². The zero-order valence-electron chi connectivity index (χ0n) is 13.5. The Morgan fingerprint density at radius 2 is 2.00 bits per heavy atom. The zero-order valence-corrected chi connectivity index (χ0v) is 13.5. The molecule has 122 valence electrons. The topological polar surface area (TPSA) is 67.4 Å². The molecule has 0 saturated carbocycles. The second-order valence-corrected chi connectivity index (χ2v) is 5.86. The van der Waals surface area contributed by atoms with Crippen LogP contribution in [-0.2, 0) is 14.3 Å². The van der Waals surface area contributed by atoms with Gasteiger partial charge in [0.25, 0.3) is 0 Å². The van der Waals surface area contributed by atoms with Crippen molar-refractivity contribution in [2.24, 2.45) is 0 Å². The van der Waals surface area contributed by atoms with Crippen LogP contribution in [0.2, 0.25) is 0 Å². The number of carbonyl (C=O) groups excluding carboxylic acids is 2. The minimum absolute atomic E-state index is 0.0257. The normalized spacial score (nSPS) is 26.0. The molecule has 1 fully saturated rings. The molecule has 1 aliphatic heterocycles. The van der Waals surface area contributed by atoms with Crippen molar-refractivity contribution in [1.29, 1.82) is 0 Å². The summed E-state index contributed by atoms with van der Waals surface area (Å²) < 4.78 is 5.64. The Morgan fingerprint density at radius 3 is 2.76 bits per heavy atom. The molecule has 2 unspecified atom stereocenters. The Labute approximate surface area is 128 Å². The van der Waals surface area contributed by atoms with Gasteiger partial charge in [-0.25, -0.2) is 0 Å². The van der Waals surface area contributed by atoms with Gasteiger partial charge >= 0.3 is 5.97 Å². The molecule has 0 spiro atoms. The SMILES string of the molecule is CCCCCC1CCCCCC(=O)NCNC(C)C(=O)O1. The van der Waals surface area contributed by atoms with Gasteiger partial charge in [0.15, 0.2) is 0 Å². The molecule has 1 heterocycles. The van der Waals surface area contributed by atoms with E-state index in [-0.39, 0.29) is 24.0 Å². The molecule has 0 bridgehead atoms. The molecular weight excluding hydrogens is 268 g/mol. The van der Waals surface area contributed by atoms with Crippen LogP contribution < -0.4 is 10.6 Å². The van der Waals surface area contributed by atoms with Gasteiger partial charge in [-0.1, -0.05) is 26.2 Å². The molecule has 1 aliphatic rings. The Bertz CT molecular complexity index is 321. The van der Waals surface area contributed by atoms with E-state index in [1.165, 1.54) is 12.8 Å². The molecule has 2 N–H and O–H groups in total. The fourth-order valence-corrected chi connectivity index (χ4v) is 2.46. The van der Waals surface area contributed by atoms with Gasteiger partial charge in [0.1, 0.15) is 12.1 Å². The number of hydrogen-bond acceptors (Lipinski definition) is 4. The lowest BCUT2D eigenvalue weighted by molar-refractivity contribution is -0.152. The smallest absolute Gasteiger partial charge is 0.323 e. The van der Waals surface area contributed by atoms with E-state index in [9.17, 15) is 9.59 Å². The maximum atomic E-state index is 12.0.